The average molecular weight is 318 g/mol. The Kier molecular flexibility index (Phi) is 3.38. The first-order valence-corrected chi connectivity index (χ1v) is 7.85. The van der Waals surface area contributed by atoms with Gasteiger partial charge in [-0.25, -0.2) is 4.68 Å². The molecule has 2 aliphatic heterocycles. The molecule has 0 aliphatic carbocycles. The third kappa shape index (κ3) is 2.30. The van der Waals surface area contributed by atoms with Crippen LogP contribution in [0.2, 0.25) is 0 Å². The number of benzene rings is 1. The lowest BCUT2D eigenvalue weighted by Crippen LogP contribution is -2.27. The van der Waals surface area contributed by atoms with Gasteiger partial charge in [0.05, 0.1) is 6.67 Å². The number of likely N-dealkylation sites (tertiary alicyclic amines) is 1. The lowest BCUT2D eigenvalue weighted by molar-refractivity contribution is 0.173. The predicted molar refractivity (Wildman–Crippen MR) is 83.3 cm³/mol. The smallest absolute Gasteiger partial charge is 0.231 e. The summed E-state index contributed by atoms with van der Waals surface area (Å²) in [4.78, 5) is 2.42. The summed E-state index contributed by atoms with van der Waals surface area (Å²) in [7, 11) is 1.92. The molecule has 1 aromatic carbocycles. The lowest BCUT2D eigenvalue weighted by atomic mass is 10.0. The third-order valence-electron chi connectivity index (χ3n) is 4.35. The van der Waals surface area contributed by atoms with Gasteiger partial charge in [-0.2, -0.15) is 5.10 Å². The average Bonchev–Trinajstić information content (AvgIpc) is 3.23. The second-order valence-corrected chi connectivity index (χ2v) is 6.11. The number of hydrogen-bond acceptors (Lipinski definition) is 5. The Bertz CT molecular complexity index is 754. The van der Waals surface area contributed by atoms with Crippen LogP contribution in [0.1, 0.15) is 24.4 Å². The number of nitrogens with zero attached hydrogens (tertiary/aromatic N) is 4. The van der Waals surface area contributed by atoms with Crippen molar-refractivity contribution in [1.29, 1.82) is 0 Å². The van der Waals surface area contributed by atoms with Crippen molar-refractivity contribution in [3.63, 3.8) is 0 Å². The zero-order chi connectivity index (χ0) is 15.1. The summed E-state index contributed by atoms with van der Waals surface area (Å²) in [5.74, 6) is 1.68. The number of hydrogen-bond donors (Lipinski definition) is 0. The maximum Gasteiger partial charge on any atom is 0.231 e. The second kappa shape index (κ2) is 5.40. The van der Waals surface area contributed by atoms with Crippen molar-refractivity contribution in [2.45, 2.75) is 25.6 Å². The molecule has 0 N–H and O–H groups in total. The van der Waals surface area contributed by atoms with Gasteiger partial charge in [-0.1, -0.05) is 6.07 Å². The van der Waals surface area contributed by atoms with Crippen molar-refractivity contribution in [3.05, 3.63) is 34.9 Å². The van der Waals surface area contributed by atoms with E-state index in [-0.39, 0.29) is 0 Å². The fraction of sp³-hybridized carbons (Fsp3) is 0.467. The summed E-state index contributed by atoms with van der Waals surface area (Å²) in [6.07, 6.45) is 4.08. The molecule has 7 heteroatoms. The molecule has 4 rings (SSSR count). The number of aryl methyl sites for hydroxylation is 1. The summed E-state index contributed by atoms with van der Waals surface area (Å²) in [6, 6.07) is 6.61. The van der Waals surface area contributed by atoms with Crippen LogP contribution in [-0.4, -0.2) is 32.6 Å². The van der Waals surface area contributed by atoms with Gasteiger partial charge in [-0.15, -0.1) is 0 Å². The minimum atomic E-state index is 0.316. The minimum Gasteiger partial charge on any atom is -0.454 e. The van der Waals surface area contributed by atoms with E-state index in [0.717, 1.165) is 35.9 Å². The first kappa shape index (κ1) is 13.8. The number of ether oxygens (including phenoxy) is 2. The van der Waals surface area contributed by atoms with Gasteiger partial charge in [0.25, 0.3) is 0 Å². The van der Waals surface area contributed by atoms with E-state index < -0.39 is 0 Å². The first-order chi connectivity index (χ1) is 10.7. The van der Waals surface area contributed by atoms with Crippen LogP contribution in [0.3, 0.4) is 0 Å². The summed E-state index contributed by atoms with van der Waals surface area (Å²) >= 11 is 5.38. The van der Waals surface area contributed by atoms with Crippen molar-refractivity contribution < 1.29 is 9.47 Å². The largest absolute Gasteiger partial charge is 0.454 e. The van der Waals surface area contributed by atoms with Crippen LogP contribution >= 0.6 is 12.2 Å². The Balaban J connectivity index is 1.58. The highest BCUT2D eigenvalue weighted by atomic mass is 32.1. The number of rotatable bonds is 3. The van der Waals surface area contributed by atoms with Crippen molar-refractivity contribution in [2.75, 3.05) is 13.3 Å². The molecule has 1 aromatic heterocycles. The van der Waals surface area contributed by atoms with E-state index >= 15 is 0 Å². The Morgan fingerprint density at radius 3 is 3.00 bits per heavy atom. The fourth-order valence-corrected chi connectivity index (χ4v) is 3.34. The normalized spacial score (nSPS) is 20.7. The Labute approximate surface area is 133 Å². The van der Waals surface area contributed by atoms with E-state index in [9.17, 15) is 0 Å². The standard InChI is InChI=1S/C15H18N4O2S/c1-17-8-16-19(15(17)22)9-18-6-2-3-12(18)11-4-5-13-14(7-11)21-10-20-13/h4-5,7-8,12H,2-3,6,9-10H2,1H3/t12-/m0/s1. The topological polar surface area (TPSA) is 44.5 Å². The number of fused-ring (bicyclic) bond motifs is 1. The van der Waals surface area contributed by atoms with Gasteiger partial charge >= 0.3 is 0 Å². The highest BCUT2D eigenvalue weighted by molar-refractivity contribution is 7.71. The summed E-state index contributed by atoms with van der Waals surface area (Å²) < 4.78 is 15.4. The van der Waals surface area contributed by atoms with Gasteiger partial charge in [0.2, 0.25) is 6.79 Å². The zero-order valence-corrected chi connectivity index (χ0v) is 13.3. The van der Waals surface area contributed by atoms with Crippen LogP contribution in [0.15, 0.2) is 24.5 Å². The van der Waals surface area contributed by atoms with Gasteiger partial charge in [0.1, 0.15) is 6.33 Å². The number of aromatic nitrogens is 3. The second-order valence-electron chi connectivity index (χ2n) is 5.75. The van der Waals surface area contributed by atoms with Crippen LogP contribution < -0.4 is 9.47 Å². The molecule has 2 aromatic rings. The fourth-order valence-electron chi connectivity index (χ4n) is 3.18. The molecule has 22 heavy (non-hydrogen) atoms. The third-order valence-corrected chi connectivity index (χ3v) is 4.85. The minimum absolute atomic E-state index is 0.316. The van der Waals surface area contributed by atoms with Gasteiger partial charge in [0.15, 0.2) is 16.3 Å². The maximum atomic E-state index is 5.50. The van der Waals surface area contributed by atoms with Gasteiger partial charge in [0, 0.05) is 19.6 Å². The van der Waals surface area contributed by atoms with E-state index in [1.807, 2.05) is 22.4 Å². The van der Waals surface area contributed by atoms with Crippen molar-refractivity contribution >= 4 is 12.2 Å². The van der Waals surface area contributed by atoms with Crippen molar-refractivity contribution in [1.82, 2.24) is 19.2 Å². The van der Waals surface area contributed by atoms with E-state index in [1.54, 1.807) is 6.33 Å². The van der Waals surface area contributed by atoms with Gasteiger partial charge in [-0.05, 0) is 42.8 Å². The molecule has 1 saturated heterocycles. The van der Waals surface area contributed by atoms with Crippen LogP contribution in [-0.2, 0) is 13.7 Å². The highest BCUT2D eigenvalue weighted by Crippen LogP contribution is 2.38. The monoisotopic (exact) mass is 318 g/mol. The van der Waals surface area contributed by atoms with E-state index in [0.29, 0.717) is 12.8 Å². The van der Waals surface area contributed by atoms with Crippen molar-refractivity contribution in [3.8, 4) is 11.5 Å². The molecule has 0 unspecified atom stereocenters. The summed E-state index contributed by atoms with van der Waals surface area (Å²) in [6.45, 7) is 2.09. The summed E-state index contributed by atoms with van der Waals surface area (Å²) in [5, 5.41) is 4.35. The van der Waals surface area contributed by atoms with E-state index in [2.05, 4.69) is 22.1 Å². The molecule has 0 radical (unpaired) electrons. The van der Waals surface area contributed by atoms with Gasteiger partial charge in [-0.3, -0.25) is 4.90 Å². The SMILES string of the molecule is Cn1cnn(CN2CCC[C@H]2c2ccc3c(c2)OCO3)c1=S. The molecule has 116 valence electrons. The van der Waals surface area contributed by atoms with Crippen LogP contribution in [0.25, 0.3) is 0 Å². The Morgan fingerprint density at radius 2 is 2.18 bits per heavy atom. The molecule has 3 heterocycles. The highest BCUT2D eigenvalue weighted by Gasteiger charge is 2.28. The molecule has 1 fully saturated rings. The molecule has 2 aliphatic rings. The molecule has 0 spiro atoms. The van der Waals surface area contributed by atoms with E-state index in [1.165, 1.54) is 12.0 Å². The molecule has 0 amide bonds. The molecule has 0 saturated carbocycles. The van der Waals surface area contributed by atoms with E-state index in [4.69, 9.17) is 21.7 Å². The van der Waals surface area contributed by atoms with Gasteiger partial charge < -0.3 is 14.0 Å². The Morgan fingerprint density at radius 1 is 1.32 bits per heavy atom. The van der Waals surface area contributed by atoms with Crippen molar-refractivity contribution in [2.24, 2.45) is 7.05 Å². The zero-order valence-electron chi connectivity index (χ0n) is 12.4. The molecular weight excluding hydrogens is 300 g/mol. The van der Waals surface area contributed by atoms with Crippen LogP contribution in [0.5, 0.6) is 11.5 Å². The van der Waals surface area contributed by atoms with Crippen LogP contribution in [0.4, 0.5) is 0 Å². The molecule has 0 bridgehead atoms. The Hall–Kier alpha value is -1.86. The summed E-state index contributed by atoms with van der Waals surface area (Å²) in [5.41, 5.74) is 1.27. The molecule has 6 nitrogen and oxygen atoms in total. The first-order valence-electron chi connectivity index (χ1n) is 7.44. The molecule has 1 atom stereocenters. The maximum absolute atomic E-state index is 5.50. The molecular formula is C15H18N4O2S. The quantitative estimate of drug-likeness (QED) is 0.814. The lowest BCUT2D eigenvalue weighted by Gasteiger charge is -2.24. The van der Waals surface area contributed by atoms with Crippen LogP contribution in [0, 0.1) is 4.77 Å². The predicted octanol–water partition coefficient (Wildman–Crippen LogP) is 2.47.